The van der Waals surface area contributed by atoms with Crippen LogP contribution in [0.5, 0.6) is 0 Å². The second kappa shape index (κ2) is 3.87. The van der Waals surface area contributed by atoms with Gasteiger partial charge >= 0.3 is 0 Å². The summed E-state index contributed by atoms with van der Waals surface area (Å²) in [7, 11) is 0. The Hall–Kier alpha value is -1.91. The Morgan fingerprint density at radius 2 is 2.36 bits per heavy atom. The first-order valence-electron chi connectivity index (χ1n) is 4.38. The van der Waals surface area contributed by atoms with Crippen molar-refractivity contribution in [2.24, 2.45) is 0 Å². The zero-order valence-electron chi connectivity index (χ0n) is 7.67. The molecule has 0 atom stereocenters. The first-order valence-corrected chi connectivity index (χ1v) is 4.38. The lowest BCUT2D eigenvalue weighted by Crippen LogP contribution is -2.02. The highest BCUT2D eigenvalue weighted by Crippen LogP contribution is 1.99. The molecule has 5 heteroatoms. The lowest BCUT2D eigenvalue weighted by molar-refractivity contribution is 0.614. The van der Waals surface area contributed by atoms with Gasteiger partial charge in [0.25, 0.3) is 0 Å². The summed E-state index contributed by atoms with van der Waals surface area (Å²) >= 11 is 0. The maximum absolute atomic E-state index is 5.39. The fraction of sp³-hybridized carbons (Fsp3) is 0.222. The molecule has 2 N–H and O–H groups in total. The van der Waals surface area contributed by atoms with Crippen molar-refractivity contribution in [3.05, 3.63) is 36.4 Å². The van der Waals surface area contributed by atoms with Crippen LogP contribution in [0.15, 0.2) is 30.9 Å². The summed E-state index contributed by atoms with van der Waals surface area (Å²) in [5.74, 6) is 0.316. The number of pyridine rings is 1. The van der Waals surface area contributed by atoms with Gasteiger partial charge in [0.05, 0.1) is 0 Å². The summed E-state index contributed by atoms with van der Waals surface area (Å²) in [5, 5.41) is 3.99. The molecule has 0 saturated carbocycles. The third kappa shape index (κ3) is 2.07. The molecule has 72 valence electrons. The van der Waals surface area contributed by atoms with Gasteiger partial charge in [-0.1, -0.05) is 6.07 Å². The van der Waals surface area contributed by atoms with E-state index in [9.17, 15) is 0 Å². The average molecular weight is 189 g/mol. The van der Waals surface area contributed by atoms with Crippen molar-refractivity contribution in [3.8, 4) is 0 Å². The molecule has 2 aromatic rings. The van der Waals surface area contributed by atoms with E-state index in [2.05, 4.69) is 15.1 Å². The SMILES string of the molecule is Nc1ncn(CCc2cccnc2)n1. The summed E-state index contributed by atoms with van der Waals surface area (Å²) in [6.45, 7) is 0.774. The third-order valence-electron chi connectivity index (χ3n) is 1.91. The second-order valence-corrected chi connectivity index (χ2v) is 2.98. The van der Waals surface area contributed by atoms with Crippen LogP contribution in [-0.2, 0) is 13.0 Å². The average Bonchev–Trinajstić information content (AvgIpc) is 2.63. The molecule has 0 unspecified atom stereocenters. The van der Waals surface area contributed by atoms with E-state index in [4.69, 9.17) is 5.73 Å². The first-order chi connectivity index (χ1) is 6.84. The van der Waals surface area contributed by atoms with Crippen molar-refractivity contribution < 1.29 is 0 Å². The minimum atomic E-state index is 0.316. The normalized spacial score (nSPS) is 10.3. The van der Waals surface area contributed by atoms with E-state index in [0.29, 0.717) is 5.95 Å². The maximum atomic E-state index is 5.39. The van der Waals surface area contributed by atoms with E-state index < -0.39 is 0 Å². The molecule has 0 aromatic carbocycles. The predicted molar refractivity (Wildman–Crippen MR) is 52.4 cm³/mol. The number of rotatable bonds is 3. The van der Waals surface area contributed by atoms with Gasteiger partial charge in [-0.3, -0.25) is 9.67 Å². The van der Waals surface area contributed by atoms with Gasteiger partial charge < -0.3 is 5.73 Å². The maximum Gasteiger partial charge on any atom is 0.239 e. The first kappa shape index (κ1) is 8.68. The van der Waals surface area contributed by atoms with Gasteiger partial charge in [-0.2, -0.15) is 0 Å². The Morgan fingerprint density at radius 1 is 1.43 bits per heavy atom. The molecule has 0 saturated heterocycles. The number of aromatic nitrogens is 4. The lowest BCUT2D eigenvalue weighted by Gasteiger charge is -1.99. The Morgan fingerprint density at radius 3 is 3.00 bits per heavy atom. The van der Waals surface area contributed by atoms with Gasteiger partial charge in [-0.15, -0.1) is 5.10 Å². The molecule has 0 aliphatic carbocycles. The minimum absolute atomic E-state index is 0.316. The minimum Gasteiger partial charge on any atom is -0.367 e. The Balaban J connectivity index is 1.95. The van der Waals surface area contributed by atoms with Crippen LogP contribution >= 0.6 is 0 Å². The molecule has 0 fully saturated rings. The van der Waals surface area contributed by atoms with E-state index in [0.717, 1.165) is 13.0 Å². The van der Waals surface area contributed by atoms with E-state index in [-0.39, 0.29) is 0 Å². The molecule has 14 heavy (non-hydrogen) atoms. The summed E-state index contributed by atoms with van der Waals surface area (Å²) < 4.78 is 1.72. The van der Waals surface area contributed by atoms with Crippen molar-refractivity contribution in [2.45, 2.75) is 13.0 Å². The molecule has 0 aliphatic rings. The topological polar surface area (TPSA) is 69.6 Å². The van der Waals surface area contributed by atoms with Crippen molar-refractivity contribution in [1.82, 2.24) is 19.7 Å². The van der Waals surface area contributed by atoms with E-state index >= 15 is 0 Å². The summed E-state index contributed by atoms with van der Waals surface area (Å²) in [6.07, 6.45) is 6.12. The quantitative estimate of drug-likeness (QED) is 0.763. The van der Waals surface area contributed by atoms with Gasteiger partial charge in [0.2, 0.25) is 5.95 Å². The van der Waals surface area contributed by atoms with Gasteiger partial charge in [0.15, 0.2) is 0 Å². The van der Waals surface area contributed by atoms with Gasteiger partial charge in [0, 0.05) is 18.9 Å². The van der Waals surface area contributed by atoms with Crippen molar-refractivity contribution in [2.75, 3.05) is 5.73 Å². The Bertz CT molecular complexity index is 395. The molecular weight excluding hydrogens is 178 g/mol. The molecule has 2 heterocycles. The van der Waals surface area contributed by atoms with Gasteiger partial charge in [-0.05, 0) is 18.1 Å². The van der Waals surface area contributed by atoms with Crippen molar-refractivity contribution >= 4 is 5.95 Å². The molecule has 0 aliphatic heterocycles. The molecule has 2 rings (SSSR count). The van der Waals surface area contributed by atoms with Crippen LogP contribution < -0.4 is 5.73 Å². The Labute approximate surface area is 81.6 Å². The smallest absolute Gasteiger partial charge is 0.239 e. The summed E-state index contributed by atoms with van der Waals surface area (Å²) in [5.41, 5.74) is 6.57. The van der Waals surface area contributed by atoms with Crippen LogP contribution in [-0.4, -0.2) is 19.7 Å². The number of aryl methyl sites for hydroxylation is 2. The van der Waals surface area contributed by atoms with E-state index in [1.54, 1.807) is 17.2 Å². The van der Waals surface area contributed by atoms with Crippen LogP contribution in [0.1, 0.15) is 5.56 Å². The third-order valence-corrected chi connectivity index (χ3v) is 1.91. The van der Waals surface area contributed by atoms with E-state index in [1.807, 2.05) is 18.3 Å². The molecule has 2 aromatic heterocycles. The predicted octanol–water partition coefficient (Wildman–Crippen LogP) is 0.498. The number of anilines is 1. The molecule has 0 spiro atoms. The second-order valence-electron chi connectivity index (χ2n) is 2.98. The Kier molecular flexibility index (Phi) is 2.40. The highest BCUT2D eigenvalue weighted by molar-refractivity contribution is 5.10. The van der Waals surface area contributed by atoms with Crippen LogP contribution in [0, 0.1) is 0 Å². The molecule has 0 amide bonds. The highest BCUT2D eigenvalue weighted by Gasteiger charge is 1.96. The van der Waals surface area contributed by atoms with Gasteiger partial charge in [0.1, 0.15) is 6.33 Å². The van der Waals surface area contributed by atoms with Gasteiger partial charge in [-0.25, -0.2) is 4.98 Å². The van der Waals surface area contributed by atoms with E-state index in [1.165, 1.54) is 5.56 Å². The number of nitrogens with zero attached hydrogens (tertiary/aromatic N) is 4. The monoisotopic (exact) mass is 189 g/mol. The lowest BCUT2D eigenvalue weighted by atomic mass is 10.2. The van der Waals surface area contributed by atoms with Crippen molar-refractivity contribution in [1.29, 1.82) is 0 Å². The largest absolute Gasteiger partial charge is 0.367 e. The number of nitrogens with two attached hydrogens (primary N) is 1. The molecule has 0 bridgehead atoms. The molecule has 5 nitrogen and oxygen atoms in total. The fourth-order valence-corrected chi connectivity index (χ4v) is 1.21. The molecular formula is C9H11N5. The highest BCUT2D eigenvalue weighted by atomic mass is 15.3. The fourth-order valence-electron chi connectivity index (χ4n) is 1.21. The standard InChI is InChI=1S/C9H11N5/c10-9-12-7-14(13-9)5-3-8-2-1-4-11-6-8/h1-2,4,6-7H,3,5H2,(H2,10,13). The van der Waals surface area contributed by atoms with Crippen LogP contribution in [0.3, 0.4) is 0 Å². The van der Waals surface area contributed by atoms with Crippen molar-refractivity contribution in [3.63, 3.8) is 0 Å². The molecule has 0 radical (unpaired) electrons. The zero-order valence-corrected chi connectivity index (χ0v) is 7.67. The van der Waals surface area contributed by atoms with Crippen LogP contribution in [0.2, 0.25) is 0 Å². The summed E-state index contributed by atoms with van der Waals surface area (Å²) in [4.78, 5) is 7.88. The number of hydrogen-bond acceptors (Lipinski definition) is 4. The van der Waals surface area contributed by atoms with Crippen LogP contribution in [0.25, 0.3) is 0 Å². The number of hydrogen-bond donors (Lipinski definition) is 1. The number of nitrogen functional groups attached to an aromatic ring is 1. The zero-order chi connectivity index (χ0) is 9.80. The summed E-state index contributed by atoms with van der Waals surface area (Å²) in [6, 6.07) is 3.96. The van der Waals surface area contributed by atoms with Crippen LogP contribution in [0.4, 0.5) is 5.95 Å².